The molecule has 0 bridgehead atoms. The molecule has 3 N–H and O–H groups in total. The number of halogens is 1. The summed E-state index contributed by atoms with van der Waals surface area (Å²) in [7, 11) is 0. The van der Waals surface area contributed by atoms with Crippen LogP contribution in [0.25, 0.3) is 0 Å². The number of rotatable bonds is 6. The zero-order valence-electron chi connectivity index (χ0n) is 11.0. The normalized spacial score (nSPS) is 11.3. The standard InChI is InChI=1S/C14H21ClN2O/c1-14(2,10-16)9-13(18)17-8-7-11-3-5-12(15)6-4-11/h3-6H,7-10,16H2,1-2H3,(H,17,18). The third-order valence-corrected chi connectivity index (χ3v) is 3.09. The molecule has 1 aromatic carbocycles. The average Bonchev–Trinajstić information content (AvgIpc) is 2.31. The van der Waals surface area contributed by atoms with Gasteiger partial charge in [-0.1, -0.05) is 37.6 Å². The first kappa shape index (κ1) is 15.0. The highest BCUT2D eigenvalue weighted by molar-refractivity contribution is 6.30. The first-order valence-corrected chi connectivity index (χ1v) is 6.52. The largest absolute Gasteiger partial charge is 0.356 e. The van der Waals surface area contributed by atoms with Crippen LogP contribution >= 0.6 is 11.6 Å². The molecule has 0 spiro atoms. The van der Waals surface area contributed by atoms with Gasteiger partial charge in [0, 0.05) is 18.0 Å². The summed E-state index contributed by atoms with van der Waals surface area (Å²) in [5, 5.41) is 3.64. The van der Waals surface area contributed by atoms with Crippen molar-refractivity contribution >= 4 is 17.5 Å². The summed E-state index contributed by atoms with van der Waals surface area (Å²) >= 11 is 5.80. The van der Waals surface area contributed by atoms with Crippen molar-refractivity contribution in [1.29, 1.82) is 0 Å². The summed E-state index contributed by atoms with van der Waals surface area (Å²) in [4.78, 5) is 11.7. The van der Waals surface area contributed by atoms with Crippen molar-refractivity contribution in [2.24, 2.45) is 11.1 Å². The van der Waals surface area contributed by atoms with Crippen LogP contribution < -0.4 is 11.1 Å². The molecular weight excluding hydrogens is 248 g/mol. The van der Waals surface area contributed by atoms with Crippen LogP contribution in [0.1, 0.15) is 25.8 Å². The van der Waals surface area contributed by atoms with Gasteiger partial charge in [0.15, 0.2) is 0 Å². The maximum Gasteiger partial charge on any atom is 0.220 e. The summed E-state index contributed by atoms with van der Waals surface area (Å²) in [6, 6.07) is 7.66. The van der Waals surface area contributed by atoms with Crippen molar-refractivity contribution in [3.8, 4) is 0 Å². The molecule has 0 atom stereocenters. The van der Waals surface area contributed by atoms with Crippen molar-refractivity contribution in [2.45, 2.75) is 26.7 Å². The Kier molecular flexibility index (Phi) is 5.63. The Morgan fingerprint density at radius 3 is 2.50 bits per heavy atom. The van der Waals surface area contributed by atoms with E-state index in [1.54, 1.807) is 0 Å². The van der Waals surface area contributed by atoms with Gasteiger partial charge in [-0.3, -0.25) is 4.79 Å². The minimum Gasteiger partial charge on any atom is -0.356 e. The molecule has 1 aromatic rings. The SMILES string of the molecule is CC(C)(CN)CC(=O)NCCc1ccc(Cl)cc1. The third kappa shape index (κ3) is 5.52. The van der Waals surface area contributed by atoms with E-state index in [0.717, 1.165) is 17.0 Å². The van der Waals surface area contributed by atoms with E-state index in [0.29, 0.717) is 19.5 Å². The molecule has 0 aliphatic rings. The fourth-order valence-corrected chi connectivity index (χ4v) is 1.69. The third-order valence-electron chi connectivity index (χ3n) is 2.84. The lowest BCUT2D eigenvalue weighted by molar-refractivity contribution is -0.122. The smallest absolute Gasteiger partial charge is 0.220 e. The predicted molar refractivity (Wildman–Crippen MR) is 75.6 cm³/mol. The highest BCUT2D eigenvalue weighted by atomic mass is 35.5. The van der Waals surface area contributed by atoms with Gasteiger partial charge in [0.05, 0.1) is 0 Å². The molecular formula is C14H21ClN2O. The van der Waals surface area contributed by atoms with E-state index < -0.39 is 0 Å². The van der Waals surface area contributed by atoms with E-state index >= 15 is 0 Å². The van der Waals surface area contributed by atoms with Gasteiger partial charge in [-0.05, 0) is 36.1 Å². The highest BCUT2D eigenvalue weighted by Gasteiger charge is 2.19. The van der Waals surface area contributed by atoms with Crippen LogP contribution in [0.5, 0.6) is 0 Å². The lowest BCUT2D eigenvalue weighted by Gasteiger charge is -2.21. The Balaban J connectivity index is 2.29. The Hall–Kier alpha value is -1.06. The number of amides is 1. The first-order valence-electron chi connectivity index (χ1n) is 6.14. The topological polar surface area (TPSA) is 55.1 Å². The molecule has 0 fully saturated rings. The van der Waals surface area contributed by atoms with Crippen LogP contribution in [0.4, 0.5) is 0 Å². The molecule has 0 saturated heterocycles. The van der Waals surface area contributed by atoms with Gasteiger partial charge in [-0.15, -0.1) is 0 Å². The molecule has 1 rings (SSSR count). The van der Waals surface area contributed by atoms with E-state index in [1.165, 1.54) is 0 Å². The molecule has 0 aromatic heterocycles. The van der Waals surface area contributed by atoms with Crippen LogP contribution in [0.2, 0.25) is 5.02 Å². The van der Waals surface area contributed by atoms with Gasteiger partial charge in [-0.2, -0.15) is 0 Å². The molecule has 18 heavy (non-hydrogen) atoms. The molecule has 0 unspecified atom stereocenters. The average molecular weight is 269 g/mol. The Labute approximate surface area is 114 Å². The van der Waals surface area contributed by atoms with Crippen LogP contribution in [-0.2, 0) is 11.2 Å². The summed E-state index contributed by atoms with van der Waals surface area (Å²) in [6.45, 7) is 5.14. The summed E-state index contributed by atoms with van der Waals surface area (Å²) in [5.74, 6) is 0.0550. The number of carbonyl (C=O) groups excluding carboxylic acids is 1. The van der Waals surface area contributed by atoms with Crippen LogP contribution in [0.3, 0.4) is 0 Å². The molecule has 0 aliphatic carbocycles. The van der Waals surface area contributed by atoms with Gasteiger partial charge < -0.3 is 11.1 Å². The lowest BCUT2D eigenvalue weighted by Crippen LogP contribution is -2.33. The second-order valence-electron chi connectivity index (χ2n) is 5.27. The second-order valence-corrected chi connectivity index (χ2v) is 5.71. The first-order chi connectivity index (χ1) is 8.43. The molecule has 3 nitrogen and oxygen atoms in total. The van der Waals surface area contributed by atoms with Crippen molar-refractivity contribution in [2.75, 3.05) is 13.1 Å². The Morgan fingerprint density at radius 1 is 1.33 bits per heavy atom. The number of nitrogens with one attached hydrogen (secondary N) is 1. The second kappa shape index (κ2) is 6.76. The van der Waals surface area contributed by atoms with Crippen LogP contribution in [0, 0.1) is 5.41 Å². The minimum atomic E-state index is -0.135. The van der Waals surface area contributed by atoms with E-state index in [9.17, 15) is 4.79 Å². The highest BCUT2D eigenvalue weighted by Crippen LogP contribution is 2.17. The Bertz CT molecular complexity index is 387. The molecule has 4 heteroatoms. The van der Waals surface area contributed by atoms with E-state index in [1.807, 2.05) is 38.1 Å². The summed E-state index contributed by atoms with van der Waals surface area (Å²) in [5.41, 5.74) is 6.63. The number of hydrogen-bond donors (Lipinski definition) is 2. The minimum absolute atomic E-state index is 0.0550. The maximum absolute atomic E-state index is 11.7. The van der Waals surface area contributed by atoms with Gasteiger partial charge in [0.25, 0.3) is 0 Å². The van der Waals surface area contributed by atoms with Crippen LogP contribution in [-0.4, -0.2) is 19.0 Å². The predicted octanol–water partition coefficient (Wildman–Crippen LogP) is 2.37. The van der Waals surface area contributed by atoms with Gasteiger partial charge >= 0.3 is 0 Å². The number of hydrogen-bond acceptors (Lipinski definition) is 2. The van der Waals surface area contributed by atoms with Crippen molar-refractivity contribution in [3.05, 3.63) is 34.9 Å². The monoisotopic (exact) mass is 268 g/mol. The number of carbonyl (C=O) groups is 1. The van der Waals surface area contributed by atoms with Crippen molar-refractivity contribution in [1.82, 2.24) is 5.32 Å². The summed E-state index contributed by atoms with van der Waals surface area (Å²) < 4.78 is 0. The van der Waals surface area contributed by atoms with E-state index in [2.05, 4.69) is 5.32 Å². The molecule has 0 heterocycles. The van der Waals surface area contributed by atoms with Crippen molar-refractivity contribution in [3.63, 3.8) is 0 Å². The van der Waals surface area contributed by atoms with Gasteiger partial charge in [-0.25, -0.2) is 0 Å². The molecule has 1 amide bonds. The molecule has 100 valence electrons. The number of nitrogens with two attached hydrogens (primary N) is 1. The van der Waals surface area contributed by atoms with Crippen LogP contribution in [0.15, 0.2) is 24.3 Å². The van der Waals surface area contributed by atoms with E-state index in [4.69, 9.17) is 17.3 Å². The molecule has 0 radical (unpaired) electrons. The van der Waals surface area contributed by atoms with E-state index in [-0.39, 0.29) is 11.3 Å². The maximum atomic E-state index is 11.7. The number of benzene rings is 1. The fraction of sp³-hybridized carbons (Fsp3) is 0.500. The zero-order chi connectivity index (χ0) is 13.6. The van der Waals surface area contributed by atoms with Crippen molar-refractivity contribution < 1.29 is 4.79 Å². The Morgan fingerprint density at radius 2 is 1.94 bits per heavy atom. The quantitative estimate of drug-likeness (QED) is 0.832. The summed E-state index contributed by atoms with van der Waals surface area (Å²) in [6.07, 6.45) is 1.27. The molecule has 0 saturated carbocycles. The van der Waals surface area contributed by atoms with Gasteiger partial charge in [0.2, 0.25) is 5.91 Å². The lowest BCUT2D eigenvalue weighted by atomic mass is 9.89. The van der Waals surface area contributed by atoms with Gasteiger partial charge in [0.1, 0.15) is 0 Å². The fourth-order valence-electron chi connectivity index (χ4n) is 1.57. The zero-order valence-corrected chi connectivity index (χ0v) is 11.8. The molecule has 0 aliphatic heterocycles.